The Balaban J connectivity index is 0. The number of hydrogen-bond acceptors (Lipinski definition) is 3. The van der Waals surface area contributed by atoms with Crippen LogP contribution in [0.3, 0.4) is 0 Å². The maximum absolute atomic E-state index is 8.79. The van der Waals surface area contributed by atoms with Crippen LogP contribution in [0.15, 0.2) is 12.7 Å². The average molecular weight is 201 g/mol. The molecule has 0 radical (unpaired) electrons. The first kappa shape index (κ1) is 13.9. The summed E-state index contributed by atoms with van der Waals surface area (Å²) in [6.07, 6.45) is 1.84. The number of hydrogen-bond donors (Lipinski definition) is 3. The molecule has 0 amide bonds. The summed E-state index contributed by atoms with van der Waals surface area (Å²) in [5.41, 5.74) is 0. The molecule has 0 aromatic carbocycles. The van der Waals surface area contributed by atoms with Crippen LogP contribution in [0.1, 0.15) is 0 Å². The van der Waals surface area contributed by atoms with E-state index in [4.69, 9.17) is 15.3 Å². The van der Waals surface area contributed by atoms with E-state index >= 15 is 0 Å². The van der Waals surface area contributed by atoms with E-state index in [1.807, 2.05) is 0 Å². The minimum atomic E-state index is -1.89. The summed E-state index contributed by atoms with van der Waals surface area (Å²) >= 11 is 0. The molecular formula is C6H14ClO3P. The van der Waals surface area contributed by atoms with Gasteiger partial charge in [-0.3, -0.25) is 0 Å². The average Bonchev–Trinajstić information content (AvgIpc) is 2.01. The Bertz CT molecular complexity index is 97.7. The smallest absolute Gasteiger partial charge is 0.159 e. The van der Waals surface area contributed by atoms with E-state index in [0.717, 1.165) is 0 Å². The van der Waals surface area contributed by atoms with E-state index < -0.39 is 7.26 Å². The summed E-state index contributed by atoms with van der Waals surface area (Å²) in [6, 6.07) is 0. The fourth-order valence-corrected chi connectivity index (χ4v) is 1.74. The van der Waals surface area contributed by atoms with E-state index in [2.05, 4.69) is 6.58 Å². The Morgan fingerprint density at radius 3 is 1.55 bits per heavy atom. The second-order valence-electron chi connectivity index (χ2n) is 2.24. The molecule has 0 unspecified atom stereocenters. The minimum absolute atomic E-state index is 0. The number of aliphatic hydroxyl groups excluding tert-OH is 3. The molecule has 0 fully saturated rings. The Kier molecular flexibility index (Phi) is 8.86. The molecule has 0 spiro atoms. The lowest BCUT2D eigenvalue weighted by Gasteiger charge is -2.17. The third kappa shape index (κ3) is 4.04. The molecule has 0 aliphatic heterocycles. The molecule has 0 atom stereocenters. The Hall–Kier alpha value is 0.340. The van der Waals surface area contributed by atoms with Gasteiger partial charge in [-0.25, -0.2) is 0 Å². The zero-order chi connectivity index (χ0) is 8.04. The molecule has 68 valence electrons. The SMILES string of the molecule is C=CC[P+](CO)(CO)CO.[Cl-]. The van der Waals surface area contributed by atoms with Crippen molar-refractivity contribution in [2.45, 2.75) is 0 Å². The van der Waals surface area contributed by atoms with E-state index in [1.165, 1.54) is 0 Å². The predicted octanol–water partition coefficient (Wildman–Crippen LogP) is -2.96. The molecule has 3 nitrogen and oxygen atoms in total. The quantitative estimate of drug-likeness (QED) is 0.329. The van der Waals surface area contributed by atoms with Gasteiger partial charge in [0.05, 0.1) is 13.4 Å². The first-order valence-corrected chi connectivity index (χ1v) is 5.56. The monoisotopic (exact) mass is 200 g/mol. The molecule has 0 heterocycles. The van der Waals surface area contributed by atoms with E-state index in [1.54, 1.807) is 6.08 Å². The molecule has 3 N–H and O–H groups in total. The van der Waals surface area contributed by atoms with Crippen LogP contribution in [0.25, 0.3) is 0 Å². The number of allylic oxidation sites excluding steroid dienone is 1. The van der Waals surface area contributed by atoms with Crippen molar-refractivity contribution in [1.29, 1.82) is 0 Å². The van der Waals surface area contributed by atoms with Gasteiger partial charge in [-0.15, -0.1) is 0 Å². The van der Waals surface area contributed by atoms with Crippen molar-refractivity contribution in [2.24, 2.45) is 0 Å². The van der Waals surface area contributed by atoms with Crippen LogP contribution >= 0.6 is 7.26 Å². The predicted molar refractivity (Wildman–Crippen MR) is 43.2 cm³/mol. The lowest BCUT2D eigenvalue weighted by molar-refractivity contribution is -0.00000469. The molecule has 0 saturated carbocycles. The molecule has 0 aliphatic carbocycles. The van der Waals surface area contributed by atoms with Gasteiger partial charge in [0.25, 0.3) is 0 Å². The van der Waals surface area contributed by atoms with Gasteiger partial charge in [-0.2, -0.15) is 0 Å². The summed E-state index contributed by atoms with van der Waals surface area (Å²) in [5.74, 6) is 0. The zero-order valence-corrected chi connectivity index (χ0v) is 7.93. The van der Waals surface area contributed by atoms with Gasteiger partial charge in [-0.05, 0) is 0 Å². The molecule has 0 saturated heterocycles. The maximum Gasteiger partial charge on any atom is 0.159 e. The van der Waals surface area contributed by atoms with Crippen LogP contribution in [0, 0.1) is 0 Å². The van der Waals surface area contributed by atoms with Crippen molar-refractivity contribution >= 4 is 7.26 Å². The van der Waals surface area contributed by atoms with Gasteiger partial charge < -0.3 is 27.7 Å². The minimum Gasteiger partial charge on any atom is -1.00 e. The molecule has 0 aromatic heterocycles. The molecular weight excluding hydrogens is 186 g/mol. The van der Waals surface area contributed by atoms with Crippen molar-refractivity contribution < 1.29 is 27.7 Å². The number of aliphatic hydroxyl groups is 3. The van der Waals surface area contributed by atoms with Crippen LogP contribution in [0.2, 0.25) is 0 Å². The summed E-state index contributed by atoms with van der Waals surface area (Å²) < 4.78 is 0. The highest BCUT2D eigenvalue weighted by molar-refractivity contribution is 7.75. The summed E-state index contributed by atoms with van der Waals surface area (Å²) in [4.78, 5) is 0. The van der Waals surface area contributed by atoms with Crippen LogP contribution < -0.4 is 12.4 Å². The first-order chi connectivity index (χ1) is 4.74. The lowest BCUT2D eigenvalue weighted by atomic mass is 10.8. The normalized spacial score (nSPS) is 10.5. The first-order valence-electron chi connectivity index (χ1n) is 3.03. The van der Waals surface area contributed by atoms with Crippen molar-refractivity contribution in [1.82, 2.24) is 0 Å². The van der Waals surface area contributed by atoms with Gasteiger partial charge in [0, 0.05) is 0 Å². The van der Waals surface area contributed by atoms with Gasteiger partial charge in [0.15, 0.2) is 19.0 Å². The van der Waals surface area contributed by atoms with Crippen molar-refractivity contribution in [3.8, 4) is 0 Å². The Morgan fingerprint density at radius 2 is 1.45 bits per heavy atom. The second-order valence-corrected chi connectivity index (χ2v) is 6.13. The van der Waals surface area contributed by atoms with Crippen LogP contribution in [0.5, 0.6) is 0 Å². The van der Waals surface area contributed by atoms with Crippen LogP contribution in [-0.4, -0.2) is 40.5 Å². The third-order valence-electron chi connectivity index (χ3n) is 1.42. The molecule has 0 bridgehead atoms. The molecule has 5 heteroatoms. The van der Waals surface area contributed by atoms with Gasteiger partial charge in [0.2, 0.25) is 0 Å². The third-order valence-corrected chi connectivity index (χ3v) is 4.25. The fourth-order valence-electron chi connectivity index (χ4n) is 0.581. The number of halogens is 1. The largest absolute Gasteiger partial charge is 1.00 e. The number of rotatable bonds is 5. The maximum atomic E-state index is 8.79. The Labute approximate surface area is 73.5 Å². The van der Waals surface area contributed by atoms with Crippen molar-refractivity contribution in [2.75, 3.05) is 25.2 Å². The molecule has 0 aromatic rings. The topological polar surface area (TPSA) is 60.7 Å². The molecule has 0 rings (SSSR count). The zero-order valence-electron chi connectivity index (χ0n) is 6.28. The van der Waals surface area contributed by atoms with Crippen LogP contribution in [0.4, 0.5) is 0 Å². The van der Waals surface area contributed by atoms with Crippen LogP contribution in [-0.2, 0) is 0 Å². The van der Waals surface area contributed by atoms with Crippen molar-refractivity contribution in [3.05, 3.63) is 12.7 Å². The summed E-state index contributed by atoms with van der Waals surface area (Å²) in [7, 11) is -1.89. The molecule has 11 heavy (non-hydrogen) atoms. The second kappa shape index (κ2) is 7.01. The highest BCUT2D eigenvalue weighted by Crippen LogP contribution is 2.55. The lowest BCUT2D eigenvalue weighted by Crippen LogP contribution is -3.00. The highest BCUT2D eigenvalue weighted by atomic mass is 35.5. The fraction of sp³-hybridized carbons (Fsp3) is 0.667. The van der Waals surface area contributed by atoms with Gasteiger partial charge in [-0.1, -0.05) is 12.7 Å². The van der Waals surface area contributed by atoms with Gasteiger partial charge >= 0.3 is 0 Å². The molecule has 0 aliphatic rings. The van der Waals surface area contributed by atoms with Crippen molar-refractivity contribution in [3.63, 3.8) is 0 Å². The van der Waals surface area contributed by atoms with E-state index in [-0.39, 0.29) is 31.5 Å². The summed E-state index contributed by atoms with van der Waals surface area (Å²) in [5, 5.41) is 26.4. The van der Waals surface area contributed by atoms with E-state index in [0.29, 0.717) is 6.16 Å². The Morgan fingerprint density at radius 1 is 1.09 bits per heavy atom. The van der Waals surface area contributed by atoms with E-state index in [9.17, 15) is 0 Å². The standard InChI is InChI=1S/C6H14O3P.ClH/c1-2-3-10(4-7,5-8)6-9;/h2,7-9H,1,3-6H2;1H/q+1;/p-1. The summed E-state index contributed by atoms with van der Waals surface area (Å²) in [6.45, 7) is 3.48. The highest BCUT2D eigenvalue weighted by Gasteiger charge is 2.33. The van der Waals surface area contributed by atoms with Gasteiger partial charge in [0.1, 0.15) is 0 Å².